The number of nitrogen functional groups attached to an aromatic ring is 1. The predicted octanol–water partition coefficient (Wildman–Crippen LogP) is 0.716. The average Bonchev–Trinajstić information content (AvgIpc) is 2.57. The Kier molecular flexibility index (Phi) is 1.85. The highest BCUT2D eigenvalue weighted by molar-refractivity contribution is 5.37. The highest BCUT2D eigenvalue weighted by Crippen LogP contribution is 2.09. The van der Waals surface area contributed by atoms with Crippen LogP contribution in [0.25, 0.3) is 5.88 Å². The fourth-order valence-corrected chi connectivity index (χ4v) is 1.20. The van der Waals surface area contributed by atoms with Crippen LogP contribution in [0, 0.1) is 6.92 Å². The van der Waals surface area contributed by atoms with Crippen molar-refractivity contribution in [3.05, 3.63) is 40.8 Å². The molecule has 2 aromatic rings. The van der Waals surface area contributed by atoms with Crippen LogP contribution in [0.15, 0.2) is 33.9 Å². The van der Waals surface area contributed by atoms with Crippen molar-refractivity contribution < 1.29 is 4.42 Å². The molecule has 2 heterocycles. The van der Waals surface area contributed by atoms with E-state index in [1.807, 2.05) is 0 Å². The van der Waals surface area contributed by atoms with Gasteiger partial charge in [0.05, 0.1) is 5.69 Å². The van der Waals surface area contributed by atoms with Gasteiger partial charge in [0, 0.05) is 6.20 Å². The first-order valence-electron chi connectivity index (χ1n) is 4.08. The van der Waals surface area contributed by atoms with Crippen LogP contribution >= 0.6 is 0 Å². The molecule has 0 aliphatic rings. The molecular formula is C9H9N3O2. The molecular weight excluding hydrogens is 182 g/mol. The van der Waals surface area contributed by atoms with Gasteiger partial charge >= 0.3 is 0 Å². The summed E-state index contributed by atoms with van der Waals surface area (Å²) in [6.07, 6.45) is 2.88. The first-order chi connectivity index (χ1) is 6.70. The van der Waals surface area contributed by atoms with Crippen molar-refractivity contribution in [2.24, 2.45) is 0 Å². The molecule has 2 aromatic heterocycles. The molecule has 0 unspecified atom stereocenters. The predicted molar refractivity (Wildman–Crippen MR) is 51.2 cm³/mol. The van der Waals surface area contributed by atoms with Crippen LogP contribution < -0.4 is 11.3 Å². The second-order valence-corrected chi connectivity index (χ2v) is 2.88. The standard InChI is InChI=1S/C9H9N3O2/c1-6-9(14-5-11-6)12-4-2-3-7(10)8(12)13/h2-5H,10H2,1H3. The fourth-order valence-electron chi connectivity index (χ4n) is 1.20. The van der Waals surface area contributed by atoms with Gasteiger partial charge in [0.2, 0.25) is 5.88 Å². The lowest BCUT2D eigenvalue weighted by atomic mass is 10.4. The highest BCUT2D eigenvalue weighted by Gasteiger charge is 2.08. The molecule has 0 radical (unpaired) electrons. The molecule has 5 heteroatoms. The van der Waals surface area contributed by atoms with Crippen LogP contribution in [-0.4, -0.2) is 9.55 Å². The summed E-state index contributed by atoms with van der Waals surface area (Å²) in [6, 6.07) is 3.23. The Hall–Kier alpha value is -2.04. The third-order valence-corrected chi connectivity index (χ3v) is 1.92. The highest BCUT2D eigenvalue weighted by atomic mass is 16.4. The van der Waals surface area contributed by atoms with Crippen LogP contribution in [0.5, 0.6) is 0 Å². The molecule has 0 atom stereocenters. The number of pyridine rings is 1. The normalized spacial score (nSPS) is 10.4. The molecule has 14 heavy (non-hydrogen) atoms. The van der Waals surface area contributed by atoms with Gasteiger partial charge in [0.15, 0.2) is 6.39 Å². The van der Waals surface area contributed by atoms with Gasteiger partial charge < -0.3 is 10.2 Å². The summed E-state index contributed by atoms with van der Waals surface area (Å²) in [4.78, 5) is 15.5. The molecule has 0 bridgehead atoms. The topological polar surface area (TPSA) is 74.1 Å². The molecule has 0 saturated carbocycles. The first-order valence-corrected chi connectivity index (χ1v) is 4.08. The van der Waals surface area contributed by atoms with Gasteiger partial charge in [0.25, 0.3) is 5.56 Å². The molecule has 0 aliphatic carbocycles. The SMILES string of the molecule is Cc1ncoc1-n1cccc(N)c1=O. The average molecular weight is 191 g/mol. The van der Waals surface area contributed by atoms with E-state index in [9.17, 15) is 4.79 Å². The molecule has 0 amide bonds. The maximum Gasteiger partial charge on any atom is 0.280 e. The Morgan fingerprint density at radius 2 is 2.36 bits per heavy atom. The zero-order valence-corrected chi connectivity index (χ0v) is 7.60. The molecule has 0 aliphatic heterocycles. The molecule has 0 spiro atoms. The molecule has 0 saturated heterocycles. The third-order valence-electron chi connectivity index (χ3n) is 1.92. The van der Waals surface area contributed by atoms with Gasteiger partial charge in [-0.25, -0.2) is 4.98 Å². The van der Waals surface area contributed by atoms with Gasteiger partial charge in [-0.3, -0.25) is 9.36 Å². The molecule has 0 fully saturated rings. The Morgan fingerprint density at radius 3 is 3.00 bits per heavy atom. The smallest absolute Gasteiger partial charge is 0.280 e. The second-order valence-electron chi connectivity index (χ2n) is 2.88. The summed E-state index contributed by atoms with van der Waals surface area (Å²) in [7, 11) is 0. The number of rotatable bonds is 1. The zero-order chi connectivity index (χ0) is 10.1. The Balaban J connectivity index is 2.70. The first kappa shape index (κ1) is 8.55. The number of oxazole rings is 1. The van der Waals surface area contributed by atoms with Crippen molar-refractivity contribution in [2.45, 2.75) is 6.92 Å². The lowest BCUT2D eigenvalue weighted by molar-refractivity contribution is 0.526. The van der Waals surface area contributed by atoms with E-state index < -0.39 is 0 Å². The van der Waals surface area contributed by atoms with E-state index in [4.69, 9.17) is 10.2 Å². The number of aromatic nitrogens is 2. The van der Waals surface area contributed by atoms with Gasteiger partial charge in [0.1, 0.15) is 5.69 Å². The van der Waals surface area contributed by atoms with Crippen LogP contribution in [-0.2, 0) is 0 Å². The van der Waals surface area contributed by atoms with Crippen LogP contribution in [0.3, 0.4) is 0 Å². The fraction of sp³-hybridized carbons (Fsp3) is 0.111. The van der Waals surface area contributed by atoms with Crippen molar-refractivity contribution in [2.75, 3.05) is 5.73 Å². The molecule has 0 aromatic carbocycles. The van der Waals surface area contributed by atoms with E-state index in [2.05, 4.69) is 4.98 Å². The number of anilines is 1. The van der Waals surface area contributed by atoms with Crippen molar-refractivity contribution >= 4 is 5.69 Å². The third kappa shape index (κ3) is 1.19. The van der Waals surface area contributed by atoms with E-state index >= 15 is 0 Å². The monoisotopic (exact) mass is 191 g/mol. The summed E-state index contributed by atoms with van der Waals surface area (Å²) in [5.41, 5.74) is 6.02. The van der Waals surface area contributed by atoms with Gasteiger partial charge in [-0.1, -0.05) is 0 Å². The number of nitrogens with two attached hydrogens (primary N) is 1. The summed E-state index contributed by atoms with van der Waals surface area (Å²) >= 11 is 0. The maximum atomic E-state index is 11.6. The largest absolute Gasteiger partial charge is 0.427 e. The van der Waals surface area contributed by atoms with E-state index in [1.165, 1.54) is 11.0 Å². The van der Waals surface area contributed by atoms with Gasteiger partial charge in [-0.15, -0.1) is 0 Å². The molecule has 2 rings (SSSR count). The number of nitrogens with zero attached hydrogens (tertiary/aromatic N) is 2. The number of aryl methyl sites for hydroxylation is 1. The van der Waals surface area contributed by atoms with Crippen LogP contribution in [0.2, 0.25) is 0 Å². The maximum absolute atomic E-state index is 11.6. The summed E-state index contributed by atoms with van der Waals surface area (Å²) in [6.45, 7) is 1.76. The lowest BCUT2D eigenvalue weighted by Crippen LogP contribution is -2.20. The second kappa shape index (κ2) is 3.02. The number of hydrogen-bond acceptors (Lipinski definition) is 4. The van der Waals surface area contributed by atoms with Crippen molar-refractivity contribution in [3.8, 4) is 5.88 Å². The Labute approximate surface area is 79.8 Å². The quantitative estimate of drug-likeness (QED) is 0.720. The molecule has 2 N–H and O–H groups in total. The number of hydrogen-bond donors (Lipinski definition) is 1. The minimum Gasteiger partial charge on any atom is -0.427 e. The lowest BCUT2D eigenvalue weighted by Gasteiger charge is -2.01. The summed E-state index contributed by atoms with van der Waals surface area (Å²) < 4.78 is 6.41. The minimum atomic E-state index is -0.299. The van der Waals surface area contributed by atoms with Crippen molar-refractivity contribution in [1.82, 2.24) is 9.55 Å². The van der Waals surface area contributed by atoms with Crippen molar-refractivity contribution in [3.63, 3.8) is 0 Å². The van der Waals surface area contributed by atoms with Crippen molar-refractivity contribution in [1.29, 1.82) is 0 Å². The Bertz CT molecular complexity index is 513. The van der Waals surface area contributed by atoms with Gasteiger partial charge in [-0.2, -0.15) is 0 Å². The zero-order valence-electron chi connectivity index (χ0n) is 7.60. The van der Waals surface area contributed by atoms with Crippen LogP contribution in [0.4, 0.5) is 5.69 Å². The molecule has 5 nitrogen and oxygen atoms in total. The van der Waals surface area contributed by atoms with Gasteiger partial charge in [-0.05, 0) is 19.1 Å². The minimum absolute atomic E-state index is 0.184. The van der Waals surface area contributed by atoms with E-state index in [-0.39, 0.29) is 11.2 Å². The van der Waals surface area contributed by atoms with E-state index in [0.717, 1.165) is 0 Å². The van der Waals surface area contributed by atoms with Crippen LogP contribution in [0.1, 0.15) is 5.69 Å². The van der Waals surface area contributed by atoms with E-state index in [0.29, 0.717) is 11.6 Å². The summed E-state index contributed by atoms with van der Waals surface area (Å²) in [5, 5.41) is 0. The summed E-state index contributed by atoms with van der Waals surface area (Å²) in [5.74, 6) is 0.405. The molecule has 72 valence electrons. The van der Waals surface area contributed by atoms with E-state index in [1.54, 1.807) is 25.3 Å². The Morgan fingerprint density at radius 1 is 1.57 bits per heavy atom.